The van der Waals surface area contributed by atoms with Crippen LogP contribution >= 0.6 is 11.6 Å². The summed E-state index contributed by atoms with van der Waals surface area (Å²) >= 11 is 6.10. The zero-order chi connectivity index (χ0) is 22.4. The van der Waals surface area contributed by atoms with Crippen molar-refractivity contribution in [3.63, 3.8) is 0 Å². The lowest BCUT2D eigenvalue weighted by atomic mass is 9.77. The van der Waals surface area contributed by atoms with Crippen molar-refractivity contribution in [3.8, 4) is 5.75 Å². The van der Waals surface area contributed by atoms with Gasteiger partial charge in [0.05, 0.1) is 19.3 Å². The van der Waals surface area contributed by atoms with E-state index in [0.717, 1.165) is 18.4 Å². The van der Waals surface area contributed by atoms with Crippen molar-refractivity contribution in [2.75, 3.05) is 12.0 Å². The smallest absolute Gasteiger partial charge is 0.417 e. The molecule has 166 valence electrons. The van der Waals surface area contributed by atoms with Crippen LogP contribution in [0.2, 0.25) is 5.02 Å². The van der Waals surface area contributed by atoms with Gasteiger partial charge >= 0.3 is 12.2 Å². The molecule has 0 saturated heterocycles. The van der Waals surface area contributed by atoms with Crippen LogP contribution in [0.5, 0.6) is 5.75 Å². The van der Waals surface area contributed by atoms with Crippen LogP contribution in [0.4, 0.5) is 23.7 Å². The molecule has 2 amide bonds. The molecule has 4 rings (SSSR count). The Morgan fingerprint density at radius 2 is 1.94 bits per heavy atom. The molecule has 3 N–H and O–H groups in total. The summed E-state index contributed by atoms with van der Waals surface area (Å²) in [6.45, 7) is 0.0796. The molecule has 2 atom stereocenters. The number of carbonyl (C=O) groups excluding carboxylic acids is 1. The number of methoxy groups -OCH3 is 1. The molecule has 1 aliphatic carbocycles. The van der Waals surface area contributed by atoms with Crippen LogP contribution in [-0.2, 0) is 12.1 Å². The second-order valence-electron chi connectivity index (χ2n) is 8.12. The number of rotatable bonds is 6. The predicted molar refractivity (Wildman–Crippen MR) is 112 cm³/mol. The highest BCUT2D eigenvalue weighted by Crippen LogP contribution is 2.50. The van der Waals surface area contributed by atoms with Crippen LogP contribution in [0.3, 0.4) is 0 Å². The normalized spacial score (nSPS) is 22.0. The maximum atomic E-state index is 14.6. The summed E-state index contributed by atoms with van der Waals surface area (Å²) in [6, 6.07) is 8.98. The van der Waals surface area contributed by atoms with Gasteiger partial charge in [0.2, 0.25) is 0 Å². The quantitative estimate of drug-likeness (QED) is 0.649. The summed E-state index contributed by atoms with van der Waals surface area (Å²) < 4.78 is 48.8. The Labute approximate surface area is 183 Å². The van der Waals surface area contributed by atoms with E-state index in [9.17, 15) is 18.0 Å². The van der Waals surface area contributed by atoms with E-state index in [1.165, 1.54) is 30.2 Å². The molecular weight excluding hydrogens is 431 g/mol. The van der Waals surface area contributed by atoms with Gasteiger partial charge in [-0.05, 0) is 48.2 Å². The summed E-state index contributed by atoms with van der Waals surface area (Å²) in [5, 5.41) is 2.38. The van der Waals surface area contributed by atoms with Crippen LogP contribution in [0.1, 0.15) is 30.4 Å². The third kappa shape index (κ3) is 3.94. The fourth-order valence-corrected chi connectivity index (χ4v) is 4.33. The molecule has 2 aliphatic rings. The number of anilines is 1. The van der Waals surface area contributed by atoms with Gasteiger partial charge in [0.25, 0.3) is 0 Å². The van der Waals surface area contributed by atoms with Crippen molar-refractivity contribution in [2.45, 2.75) is 43.6 Å². The van der Waals surface area contributed by atoms with Crippen molar-refractivity contribution in [2.24, 2.45) is 11.7 Å². The fraction of sp³-hybridized carbons (Fsp3) is 0.409. The number of hydrogen-bond donors (Lipinski definition) is 2. The molecule has 5 nitrogen and oxygen atoms in total. The predicted octanol–water partition coefficient (Wildman–Crippen LogP) is 4.96. The molecule has 0 bridgehead atoms. The van der Waals surface area contributed by atoms with Crippen LogP contribution in [-0.4, -0.2) is 25.4 Å². The van der Waals surface area contributed by atoms with E-state index < -0.39 is 23.8 Å². The number of halogens is 4. The first-order valence-corrected chi connectivity index (χ1v) is 10.4. The van der Waals surface area contributed by atoms with Crippen molar-refractivity contribution in [1.82, 2.24) is 5.32 Å². The summed E-state index contributed by atoms with van der Waals surface area (Å²) in [5.74, 6) is 0.784. The standard InChI is InChI=1S/C22H23ClF3N3O2/c1-31-16-7-4-14(5-8-16)12-29-18-9-6-15(23)11-17(18)21(22(24,25)26,28-20(29)30)19(27)10-13-2-3-13/h4-9,11,13,19H,2-3,10,12,27H2,1H3,(H,28,30)/t19?,21-/m1/s1. The van der Waals surface area contributed by atoms with Gasteiger partial charge in [-0.1, -0.05) is 36.6 Å². The molecular formula is C22H23ClF3N3O2. The van der Waals surface area contributed by atoms with Gasteiger partial charge < -0.3 is 15.8 Å². The summed E-state index contributed by atoms with van der Waals surface area (Å²) in [6.07, 6.45) is -2.93. The largest absolute Gasteiger partial charge is 0.497 e. The molecule has 0 radical (unpaired) electrons. The van der Waals surface area contributed by atoms with E-state index in [1.807, 2.05) is 0 Å². The molecule has 1 fully saturated rings. The van der Waals surface area contributed by atoms with Crippen molar-refractivity contribution >= 4 is 23.3 Å². The second-order valence-corrected chi connectivity index (χ2v) is 8.55. The molecule has 1 unspecified atom stereocenters. The van der Waals surface area contributed by atoms with Gasteiger partial charge in [0, 0.05) is 16.6 Å². The van der Waals surface area contributed by atoms with Gasteiger partial charge in [-0.15, -0.1) is 0 Å². The lowest BCUT2D eigenvalue weighted by Crippen LogP contribution is -2.70. The Kier molecular flexibility index (Phi) is 5.55. The average Bonchev–Trinajstić information content (AvgIpc) is 3.53. The zero-order valence-corrected chi connectivity index (χ0v) is 17.6. The van der Waals surface area contributed by atoms with E-state index in [0.29, 0.717) is 5.75 Å². The molecule has 31 heavy (non-hydrogen) atoms. The lowest BCUT2D eigenvalue weighted by Gasteiger charge is -2.47. The van der Waals surface area contributed by atoms with E-state index in [1.54, 1.807) is 24.3 Å². The van der Waals surface area contributed by atoms with Crippen molar-refractivity contribution < 1.29 is 22.7 Å². The molecule has 9 heteroatoms. The maximum Gasteiger partial charge on any atom is 0.417 e. The summed E-state index contributed by atoms with van der Waals surface area (Å²) in [7, 11) is 1.54. The van der Waals surface area contributed by atoms with Gasteiger partial charge in [-0.25, -0.2) is 4.79 Å². The number of fused-ring (bicyclic) bond motifs is 1. The molecule has 1 saturated carbocycles. The first kappa shape index (κ1) is 21.8. The number of urea groups is 1. The number of carbonyl (C=O) groups is 1. The Hall–Kier alpha value is -2.45. The number of nitrogens with two attached hydrogens (primary N) is 1. The van der Waals surface area contributed by atoms with Gasteiger partial charge in [0.15, 0.2) is 5.54 Å². The molecule has 1 heterocycles. The minimum absolute atomic E-state index is 0.0796. The Morgan fingerprint density at radius 3 is 2.52 bits per heavy atom. The summed E-state index contributed by atoms with van der Waals surface area (Å²) in [5.41, 5.74) is 4.20. The average molecular weight is 454 g/mol. The number of nitrogens with one attached hydrogen (secondary N) is 1. The maximum absolute atomic E-state index is 14.6. The van der Waals surface area contributed by atoms with Crippen molar-refractivity contribution in [1.29, 1.82) is 0 Å². The van der Waals surface area contributed by atoms with Crippen molar-refractivity contribution in [3.05, 3.63) is 58.6 Å². The zero-order valence-electron chi connectivity index (χ0n) is 16.9. The van der Waals surface area contributed by atoms with Crippen LogP contribution < -0.4 is 20.7 Å². The monoisotopic (exact) mass is 453 g/mol. The second kappa shape index (κ2) is 7.91. The molecule has 0 aromatic heterocycles. The number of ether oxygens (including phenoxy) is 1. The van der Waals surface area contributed by atoms with Crippen LogP contribution in [0, 0.1) is 5.92 Å². The fourth-order valence-electron chi connectivity index (χ4n) is 4.16. The van der Waals surface area contributed by atoms with Crippen LogP contribution in [0.25, 0.3) is 0 Å². The summed E-state index contributed by atoms with van der Waals surface area (Å²) in [4.78, 5) is 14.3. The molecule has 0 spiro atoms. The Balaban J connectivity index is 1.79. The third-order valence-corrected chi connectivity index (χ3v) is 6.25. The van der Waals surface area contributed by atoms with Gasteiger partial charge in [-0.2, -0.15) is 13.2 Å². The van der Waals surface area contributed by atoms with Crippen LogP contribution in [0.15, 0.2) is 42.5 Å². The van der Waals surface area contributed by atoms with Gasteiger partial charge in [0.1, 0.15) is 5.75 Å². The SMILES string of the molecule is COc1ccc(CN2C(=O)N[C@](C(N)CC3CC3)(C(F)(F)F)c3cc(Cl)ccc32)cc1. The van der Waals surface area contributed by atoms with E-state index in [-0.39, 0.29) is 35.2 Å². The number of amides is 2. The highest BCUT2D eigenvalue weighted by Gasteiger charge is 2.64. The minimum atomic E-state index is -4.80. The first-order chi connectivity index (χ1) is 14.7. The van der Waals surface area contributed by atoms with Gasteiger partial charge in [-0.3, -0.25) is 4.90 Å². The molecule has 2 aromatic rings. The molecule has 1 aliphatic heterocycles. The van der Waals surface area contributed by atoms with E-state index in [2.05, 4.69) is 5.32 Å². The third-order valence-electron chi connectivity index (χ3n) is 6.01. The van der Waals surface area contributed by atoms with E-state index >= 15 is 0 Å². The topological polar surface area (TPSA) is 67.6 Å². The highest BCUT2D eigenvalue weighted by molar-refractivity contribution is 6.30. The number of benzene rings is 2. The highest BCUT2D eigenvalue weighted by atomic mass is 35.5. The first-order valence-electron chi connectivity index (χ1n) is 10.0. The minimum Gasteiger partial charge on any atom is -0.497 e. The lowest BCUT2D eigenvalue weighted by molar-refractivity contribution is -0.205. The molecule has 2 aromatic carbocycles. The number of alkyl halides is 3. The number of hydrogen-bond acceptors (Lipinski definition) is 3. The Morgan fingerprint density at radius 1 is 1.26 bits per heavy atom. The van der Waals surface area contributed by atoms with E-state index in [4.69, 9.17) is 22.1 Å². The number of nitrogens with zero attached hydrogens (tertiary/aromatic N) is 1. The Bertz CT molecular complexity index is 979.